The van der Waals surface area contributed by atoms with Gasteiger partial charge in [-0.2, -0.15) is 13.2 Å². The fourth-order valence-corrected chi connectivity index (χ4v) is 1.95. The van der Waals surface area contributed by atoms with Crippen LogP contribution in [0.3, 0.4) is 0 Å². The molecule has 3 aromatic rings. The van der Waals surface area contributed by atoms with E-state index in [1.165, 1.54) is 13.2 Å². The summed E-state index contributed by atoms with van der Waals surface area (Å²) in [5, 5.41) is 6.75. The van der Waals surface area contributed by atoms with Gasteiger partial charge in [0, 0.05) is 7.11 Å². The number of para-hydroxylation sites is 2. The highest BCUT2D eigenvalue weighted by atomic mass is 19.4. The summed E-state index contributed by atoms with van der Waals surface area (Å²) in [7, 11) is 1.39. The van der Waals surface area contributed by atoms with Gasteiger partial charge in [-0.05, 0) is 12.1 Å². The molecule has 0 radical (unpaired) electrons. The van der Waals surface area contributed by atoms with Crippen LogP contribution in [-0.2, 0) is 10.9 Å². The van der Waals surface area contributed by atoms with Gasteiger partial charge in [-0.25, -0.2) is 4.98 Å². The molecular weight excluding hydrogens is 289 g/mol. The normalized spacial score (nSPS) is 12.2. The molecule has 0 aliphatic heterocycles. The SMILES string of the molecule is COCOc1nc2ccccc2n2c(C(F)(F)F)nnc12. The van der Waals surface area contributed by atoms with Crippen molar-refractivity contribution in [2.75, 3.05) is 13.9 Å². The van der Waals surface area contributed by atoms with E-state index in [0.717, 1.165) is 4.40 Å². The summed E-state index contributed by atoms with van der Waals surface area (Å²) in [4.78, 5) is 4.14. The van der Waals surface area contributed by atoms with Crippen LogP contribution < -0.4 is 4.74 Å². The van der Waals surface area contributed by atoms with Gasteiger partial charge in [0.1, 0.15) is 0 Å². The Kier molecular flexibility index (Phi) is 3.13. The summed E-state index contributed by atoms with van der Waals surface area (Å²) in [6.07, 6.45) is -4.64. The van der Waals surface area contributed by atoms with Gasteiger partial charge in [-0.3, -0.25) is 4.40 Å². The van der Waals surface area contributed by atoms with Crippen LogP contribution in [0.15, 0.2) is 24.3 Å². The van der Waals surface area contributed by atoms with Crippen LogP contribution in [0.5, 0.6) is 5.88 Å². The molecule has 0 saturated heterocycles. The second kappa shape index (κ2) is 4.85. The number of alkyl halides is 3. The number of halogens is 3. The quantitative estimate of drug-likeness (QED) is 0.694. The topological polar surface area (TPSA) is 61.5 Å². The molecular formula is C12H9F3N4O2. The molecule has 6 nitrogen and oxygen atoms in total. The molecule has 0 N–H and O–H groups in total. The zero-order valence-corrected chi connectivity index (χ0v) is 10.8. The maximum atomic E-state index is 13.1. The number of methoxy groups -OCH3 is 1. The summed E-state index contributed by atoms with van der Waals surface area (Å²) < 4.78 is 50.0. The van der Waals surface area contributed by atoms with E-state index in [-0.39, 0.29) is 23.8 Å². The molecule has 9 heteroatoms. The largest absolute Gasteiger partial charge is 0.452 e. The minimum Gasteiger partial charge on any atom is -0.448 e. The van der Waals surface area contributed by atoms with Crippen LogP contribution in [0.1, 0.15) is 5.82 Å². The van der Waals surface area contributed by atoms with Gasteiger partial charge in [-0.1, -0.05) is 12.1 Å². The van der Waals surface area contributed by atoms with E-state index in [0.29, 0.717) is 5.52 Å². The molecule has 110 valence electrons. The zero-order valence-electron chi connectivity index (χ0n) is 10.8. The molecule has 1 aromatic carbocycles. The Labute approximate surface area is 116 Å². The predicted octanol–water partition coefficient (Wildman–Crippen LogP) is 2.28. The summed E-state index contributed by atoms with van der Waals surface area (Å²) in [6, 6.07) is 6.36. The Morgan fingerprint density at radius 3 is 2.67 bits per heavy atom. The van der Waals surface area contributed by atoms with E-state index in [2.05, 4.69) is 15.2 Å². The summed E-state index contributed by atoms with van der Waals surface area (Å²) in [6.45, 7) is -0.158. The minimum absolute atomic E-state index is 0.0708. The predicted molar refractivity (Wildman–Crippen MR) is 65.8 cm³/mol. The monoisotopic (exact) mass is 298 g/mol. The third kappa shape index (κ3) is 2.25. The molecule has 21 heavy (non-hydrogen) atoms. The Balaban J connectivity index is 2.36. The smallest absolute Gasteiger partial charge is 0.448 e. The van der Waals surface area contributed by atoms with Crippen molar-refractivity contribution in [2.24, 2.45) is 0 Å². The highest BCUT2D eigenvalue weighted by Crippen LogP contribution is 2.32. The van der Waals surface area contributed by atoms with Gasteiger partial charge in [0.05, 0.1) is 11.0 Å². The maximum Gasteiger partial charge on any atom is 0.452 e. The number of fused-ring (bicyclic) bond motifs is 3. The standard InChI is InChI=1S/C12H9F3N4O2/c1-20-6-21-10-9-17-18-11(12(13,14)15)19(9)8-5-3-2-4-7(8)16-10/h2-5H,6H2,1H3. The second-order valence-corrected chi connectivity index (χ2v) is 4.14. The molecule has 0 atom stereocenters. The van der Waals surface area contributed by atoms with Crippen molar-refractivity contribution < 1.29 is 22.6 Å². The second-order valence-electron chi connectivity index (χ2n) is 4.14. The van der Waals surface area contributed by atoms with Gasteiger partial charge in [0.15, 0.2) is 6.79 Å². The number of ether oxygens (including phenoxy) is 2. The van der Waals surface area contributed by atoms with Crippen molar-refractivity contribution in [1.29, 1.82) is 0 Å². The fraction of sp³-hybridized carbons (Fsp3) is 0.250. The first-order valence-electron chi connectivity index (χ1n) is 5.85. The maximum absolute atomic E-state index is 13.1. The van der Waals surface area contributed by atoms with Crippen molar-refractivity contribution >= 4 is 16.7 Å². The third-order valence-electron chi connectivity index (χ3n) is 2.77. The summed E-state index contributed by atoms with van der Waals surface area (Å²) in [5.41, 5.74) is 0.467. The Bertz CT molecular complexity index is 800. The molecule has 0 spiro atoms. The number of rotatable bonds is 3. The molecule has 0 unspecified atom stereocenters. The van der Waals surface area contributed by atoms with Crippen molar-refractivity contribution in [2.45, 2.75) is 6.18 Å². The first kappa shape index (κ1) is 13.6. The summed E-state index contributed by atoms with van der Waals surface area (Å²) in [5.74, 6) is -1.20. The van der Waals surface area contributed by atoms with Crippen molar-refractivity contribution in [3.05, 3.63) is 30.1 Å². The lowest BCUT2D eigenvalue weighted by molar-refractivity contribution is -0.145. The molecule has 0 aliphatic carbocycles. The first-order valence-corrected chi connectivity index (χ1v) is 5.85. The van der Waals surface area contributed by atoms with Gasteiger partial charge in [-0.15, -0.1) is 10.2 Å². The van der Waals surface area contributed by atoms with E-state index in [4.69, 9.17) is 9.47 Å². The summed E-state index contributed by atoms with van der Waals surface area (Å²) >= 11 is 0. The zero-order chi connectivity index (χ0) is 15.0. The van der Waals surface area contributed by atoms with E-state index in [9.17, 15) is 13.2 Å². The lowest BCUT2D eigenvalue weighted by Gasteiger charge is -2.10. The van der Waals surface area contributed by atoms with Crippen LogP contribution in [0.4, 0.5) is 13.2 Å². The van der Waals surface area contributed by atoms with Crippen LogP contribution in [-0.4, -0.2) is 33.5 Å². The lowest BCUT2D eigenvalue weighted by atomic mass is 10.3. The average molecular weight is 298 g/mol. The number of hydrogen-bond donors (Lipinski definition) is 0. The highest BCUT2D eigenvalue weighted by molar-refractivity contribution is 5.79. The fourth-order valence-electron chi connectivity index (χ4n) is 1.95. The lowest BCUT2D eigenvalue weighted by Crippen LogP contribution is -2.12. The Hall–Kier alpha value is -2.42. The van der Waals surface area contributed by atoms with E-state index in [1.807, 2.05) is 0 Å². The number of benzene rings is 1. The van der Waals surface area contributed by atoms with Crippen molar-refractivity contribution in [1.82, 2.24) is 19.6 Å². The van der Waals surface area contributed by atoms with Gasteiger partial charge in [0.25, 0.3) is 5.88 Å². The molecule has 0 bridgehead atoms. The van der Waals surface area contributed by atoms with Crippen LogP contribution >= 0.6 is 0 Å². The van der Waals surface area contributed by atoms with E-state index < -0.39 is 12.0 Å². The van der Waals surface area contributed by atoms with Crippen LogP contribution in [0, 0.1) is 0 Å². The third-order valence-corrected chi connectivity index (χ3v) is 2.77. The Morgan fingerprint density at radius 2 is 1.95 bits per heavy atom. The van der Waals surface area contributed by atoms with Crippen molar-refractivity contribution in [3.8, 4) is 5.88 Å². The van der Waals surface area contributed by atoms with Crippen LogP contribution in [0.25, 0.3) is 16.7 Å². The van der Waals surface area contributed by atoms with Crippen LogP contribution in [0.2, 0.25) is 0 Å². The van der Waals surface area contributed by atoms with Crippen molar-refractivity contribution in [3.63, 3.8) is 0 Å². The van der Waals surface area contributed by atoms with E-state index >= 15 is 0 Å². The molecule has 0 amide bonds. The van der Waals surface area contributed by atoms with Gasteiger partial charge >= 0.3 is 6.18 Å². The minimum atomic E-state index is -4.64. The Morgan fingerprint density at radius 1 is 1.19 bits per heavy atom. The highest BCUT2D eigenvalue weighted by Gasteiger charge is 2.38. The van der Waals surface area contributed by atoms with Gasteiger partial charge < -0.3 is 9.47 Å². The molecule has 2 heterocycles. The van der Waals surface area contributed by atoms with Gasteiger partial charge in [0.2, 0.25) is 11.5 Å². The molecule has 2 aromatic heterocycles. The molecule has 0 aliphatic rings. The molecule has 0 fully saturated rings. The van der Waals surface area contributed by atoms with E-state index in [1.54, 1.807) is 18.2 Å². The molecule has 3 rings (SSSR count). The average Bonchev–Trinajstić information content (AvgIpc) is 2.90. The number of hydrogen-bond acceptors (Lipinski definition) is 5. The first-order chi connectivity index (χ1) is 10.0. The number of nitrogens with zero attached hydrogens (tertiary/aromatic N) is 4. The molecule has 0 saturated carbocycles. The number of aromatic nitrogens is 4.